The fraction of sp³-hybridized carbons (Fsp3) is 0.500. The lowest BCUT2D eigenvalue weighted by Gasteiger charge is -2.42. The number of nitrogens with zero attached hydrogens (tertiary/aromatic N) is 2. The first kappa shape index (κ1) is 20.4. The third-order valence-electron chi connectivity index (χ3n) is 6.27. The van der Waals surface area contributed by atoms with Crippen molar-refractivity contribution in [3.8, 4) is 0 Å². The van der Waals surface area contributed by atoms with Gasteiger partial charge in [-0.1, -0.05) is 55.4 Å². The van der Waals surface area contributed by atoms with Crippen LogP contribution < -0.4 is 4.90 Å². The summed E-state index contributed by atoms with van der Waals surface area (Å²) < 4.78 is 0.425. The third kappa shape index (κ3) is 4.67. The van der Waals surface area contributed by atoms with Gasteiger partial charge >= 0.3 is 5.97 Å². The van der Waals surface area contributed by atoms with Crippen molar-refractivity contribution < 1.29 is 14.7 Å². The van der Waals surface area contributed by atoms with E-state index in [-0.39, 0.29) is 18.9 Å². The number of thioether (sulfide) groups is 1. The van der Waals surface area contributed by atoms with Gasteiger partial charge in [-0.05, 0) is 48.4 Å². The molecule has 0 aromatic heterocycles. The van der Waals surface area contributed by atoms with Gasteiger partial charge in [-0.25, -0.2) is 0 Å². The minimum atomic E-state index is -0.934. The van der Waals surface area contributed by atoms with Crippen LogP contribution in [-0.4, -0.2) is 45.8 Å². The molecule has 0 spiro atoms. The van der Waals surface area contributed by atoms with Crippen LogP contribution in [0.3, 0.4) is 0 Å². The molecule has 0 unspecified atom stereocenters. The number of hydrogen-bond acceptors (Lipinski definition) is 5. The van der Waals surface area contributed by atoms with E-state index in [0.717, 1.165) is 30.5 Å². The molecule has 3 fully saturated rings. The van der Waals surface area contributed by atoms with Crippen LogP contribution in [0.2, 0.25) is 0 Å². The number of carboxylic acids is 1. The predicted octanol–water partition coefficient (Wildman–Crippen LogP) is 4.38. The molecule has 0 bridgehead atoms. The van der Waals surface area contributed by atoms with Crippen molar-refractivity contribution in [1.29, 1.82) is 0 Å². The van der Waals surface area contributed by atoms with Gasteiger partial charge in [-0.2, -0.15) is 0 Å². The van der Waals surface area contributed by atoms with Gasteiger partial charge in [0.2, 0.25) is 0 Å². The Hall–Kier alpha value is -1.86. The lowest BCUT2D eigenvalue weighted by Crippen LogP contribution is -2.41. The maximum Gasteiger partial charge on any atom is 0.305 e. The molecule has 2 aliphatic heterocycles. The smallest absolute Gasteiger partial charge is 0.305 e. The average Bonchev–Trinajstić information content (AvgIpc) is 2.99. The van der Waals surface area contributed by atoms with Crippen LogP contribution in [0.25, 0.3) is 6.08 Å². The van der Waals surface area contributed by atoms with Crippen LogP contribution in [0.5, 0.6) is 0 Å². The summed E-state index contributed by atoms with van der Waals surface area (Å²) in [5.41, 5.74) is 2.21. The van der Waals surface area contributed by atoms with Crippen molar-refractivity contribution in [3.05, 3.63) is 34.7 Å². The maximum absolute atomic E-state index is 12.5. The van der Waals surface area contributed by atoms with Gasteiger partial charge in [0.15, 0.2) is 0 Å². The number of aliphatic carboxylic acids is 1. The van der Waals surface area contributed by atoms with Crippen LogP contribution in [0.1, 0.15) is 44.1 Å². The summed E-state index contributed by atoms with van der Waals surface area (Å²) in [6.07, 6.45) is 8.58. The van der Waals surface area contributed by atoms with Crippen LogP contribution in [-0.2, 0) is 9.59 Å². The fourth-order valence-electron chi connectivity index (χ4n) is 4.67. The molecule has 29 heavy (non-hydrogen) atoms. The molecule has 7 heteroatoms. The monoisotopic (exact) mass is 430 g/mol. The molecule has 2 atom stereocenters. The van der Waals surface area contributed by atoms with E-state index in [1.54, 1.807) is 0 Å². The molecule has 1 saturated carbocycles. The van der Waals surface area contributed by atoms with Crippen molar-refractivity contribution in [2.45, 2.75) is 38.5 Å². The van der Waals surface area contributed by atoms with E-state index < -0.39 is 5.97 Å². The van der Waals surface area contributed by atoms with E-state index in [9.17, 15) is 9.59 Å². The molecule has 4 rings (SSSR count). The Morgan fingerprint density at radius 1 is 1.17 bits per heavy atom. The molecule has 154 valence electrons. The number of carbonyl (C=O) groups is 2. The normalized spacial score (nSPS) is 26.1. The van der Waals surface area contributed by atoms with E-state index >= 15 is 0 Å². The Labute approximate surface area is 181 Å². The Morgan fingerprint density at radius 3 is 2.62 bits per heavy atom. The Bertz CT molecular complexity index is 837. The van der Waals surface area contributed by atoms with Gasteiger partial charge in [0.1, 0.15) is 4.32 Å². The second kappa shape index (κ2) is 8.88. The van der Waals surface area contributed by atoms with Crippen molar-refractivity contribution in [2.75, 3.05) is 24.5 Å². The minimum absolute atomic E-state index is 0.105. The summed E-state index contributed by atoms with van der Waals surface area (Å²) in [6, 6.07) is 8.37. The molecule has 2 saturated heterocycles. The fourth-order valence-corrected chi connectivity index (χ4v) is 5.98. The first-order valence-corrected chi connectivity index (χ1v) is 11.6. The third-order valence-corrected chi connectivity index (χ3v) is 7.65. The zero-order valence-electron chi connectivity index (χ0n) is 16.4. The molecule has 1 aromatic carbocycles. The number of anilines is 1. The lowest BCUT2D eigenvalue weighted by molar-refractivity contribution is -0.137. The van der Waals surface area contributed by atoms with Crippen molar-refractivity contribution in [1.82, 2.24) is 4.90 Å². The number of fused-ring (bicyclic) bond motifs is 1. The predicted molar refractivity (Wildman–Crippen MR) is 121 cm³/mol. The molecule has 1 amide bonds. The molecule has 3 aliphatic rings. The Kier molecular flexibility index (Phi) is 6.25. The highest BCUT2D eigenvalue weighted by atomic mass is 32.2. The lowest BCUT2D eigenvalue weighted by atomic mass is 9.75. The highest BCUT2D eigenvalue weighted by Gasteiger charge is 2.32. The average molecular weight is 431 g/mol. The van der Waals surface area contributed by atoms with Crippen molar-refractivity contribution in [3.63, 3.8) is 0 Å². The Balaban J connectivity index is 1.41. The topological polar surface area (TPSA) is 60.9 Å². The summed E-state index contributed by atoms with van der Waals surface area (Å²) in [4.78, 5) is 27.7. The molecule has 1 aliphatic carbocycles. The van der Waals surface area contributed by atoms with Crippen molar-refractivity contribution in [2.24, 2.45) is 11.8 Å². The highest BCUT2D eigenvalue weighted by molar-refractivity contribution is 8.26. The molecule has 2 heterocycles. The zero-order chi connectivity index (χ0) is 20.4. The standard InChI is InChI=1S/C22H26N2O3S2/c25-20(26)10-12-24-21(27)19(29-22(24)28)13-15-5-7-18(8-6-15)23-11-9-16-3-1-2-4-17(16)14-23/h5-8,13,16-17H,1-4,9-12,14H2,(H,25,26)/b19-13-/t16-,17-/m0/s1. The van der Waals surface area contributed by atoms with Crippen LogP contribution >= 0.6 is 24.0 Å². The van der Waals surface area contributed by atoms with Gasteiger partial charge < -0.3 is 10.0 Å². The number of carbonyl (C=O) groups excluding carboxylic acids is 1. The number of carboxylic acid groups (broad SMARTS) is 1. The summed E-state index contributed by atoms with van der Waals surface area (Å²) in [5.74, 6) is 0.618. The summed E-state index contributed by atoms with van der Waals surface area (Å²) in [5, 5.41) is 8.84. The second-order valence-electron chi connectivity index (χ2n) is 8.11. The van der Waals surface area contributed by atoms with E-state index in [0.29, 0.717) is 9.23 Å². The summed E-state index contributed by atoms with van der Waals surface area (Å²) >= 11 is 6.48. The number of piperidine rings is 1. The Morgan fingerprint density at radius 2 is 1.90 bits per heavy atom. The number of rotatable bonds is 5. The number of benzene rings is 1. The largest absolute Gasteiger partial charge is 0.481 e. The summed E-state index contributed by atoms with van der Waals surface area (Å²) in [7, 11) is 0. The molecule has 1 N–H and O–H groups in total. The van der Waals surface area contributed by atoms with E-state index in [4.69, 9.17) is 17.3 Å². The second-order valence-corrected chi connectivity index (χ2v) is 9.78. The molecule has 1 aromatic rings. The SMILES string of the molecule is O=C(O)CCN1C(=O)/C(=C/c2ccc(N3CC[C@@H]4CCCC[C@H]4C3)cc2)SC1=S. The number of hydrogen-bond donors (Lipinski definition) is 1. The van der Waals surface area contributed by atoms with Gasteiger partial charge in [-0.3, -0.25) is 14.5 Å². The van der Waals surface area contributed by atoms with Crippen LogP contribution in [0.4, 0.5) is 5.69 Å². The van der Waals surface area contributed by atoms with Crippen LogP contribution in [0.15, 0.2) is 29.2 Å². The first-order valence-electron chi connectivity index (χ1n) is 10.3. The minimum Gasteiger partial charge on any atom is -0.481 e. The quantitative estimate of drug-likeness (QED) is 0.553. The van der Waals surface area contributed by atoms with Gasteiger partial charge in [0.25, 0.3) is 5.91 Å². The first-order chi connectivity index (χ1) is 14.0. The van der Waals surface area contributed by atoms with Gasteiger partial charge in [-0.15, -0.1) is 0 Å². The van der Waals surface area contributed by atoms with Gasteiger partial charge in [0.05, 0.1) is 11.3 Å². The van der Waals surface area contributed by atoms with Crippen molar-refractivity contribution >= 4 is 51.9 Å². The molecule has 0 radical (unpaired) electrons. The van der Waals surface area contributed by atoms with Crippen LogP contribution in [0, 0.1) is 11.8 Å². The molecular weight excluding hydrogens is 404 g/mol. The van der Waals surface area contributed by atoms with E-state index in [2.05, 4.69) is 17.0 Å². The summed E-state index contributed by atoms with van der Waals surface area (Å²) in [6.45, 7) is 2.41. The van der Waals surface area contributed by atoms with E-state index in [1.165, 1.54) is 54.5 Å². The number of amides is 1. The maximum atomic E-state index is 12.5. The van der Waals surface area contributed by atoms with Gasteiger partial charge in [0, 0.05) is 25.3 Å². The highest BCUT2D eigenvalue weighted by Crippen LogP contribution is 2.38. The molecular formula is C22H26N2O3S2. The van der Waals surface area contributed by atoms with E-state index in [1.807, 2.05) is 18.2 Å². The number of thiocarbonyl (C=S) groups is 1. The zero-order valence-corrected chi connectivity index (χ0v) is 18.0. The molecule has 5 nitrogen and oxygen atoms in total.